The molecule has 0 saturated carbocycles. The number of rotatable bonds is 5. The molecule has 2 aromatic rings. The van der Waals surface area contributed by atoms with E-state index in [1.807, 2.05) is 42.9 Å². The smallest absolute Gasteiger partial charge is 0.119 e. The lowest BCUT2D eigenvalue weighted by Crippen LogP contribution is -2.10. The van der Waals surface area contributed by atoms with E-state index in [9.17, 15) is 0 Å². The highest BCUT2D eigenvalue weighted by Gasteiger charge is 1.96. The van der Waals surface area contributed by atoms with Crippen LogP contribution in [0, 0.1) is 6.54 Å². The first kappa shape index (κ1) is 11.7. The summed E-state index contributed by atoms with van der Waals surface area (Å²) >= 11 is 0. The topological polar surface area (TPSA) is 21.3 Å². The molecule has 0 aliphatic rings. The van der Waals surface area contributed by atoms with Crippen molar-refractivity contribution in [2.24, 2.45) is 0 Å². The number of methoxy groups -OCH3 is 1. The number of nitrogens with one attached hydrogen (secondary N) is 1. The molecule has 0 aromatic heterocycles. The third-order valence-electron chi connectivity index (χ3n) is 2.51. The second kappa shape index (κ2) is 6.06. The largest absolute Gasteiger partial charge is 0.497 e. The Balaban J connectivity index is 1.86. The lowest BCUT2D eigenvalue weighted by molar-refractivity contribution is 0.414. The van der Waals surface area contributed by atoms with Gasteiger partial charge in [0.25, 0.3) is 0 Å². The molecule has 1 N–H and O–H groups in total. The van der Waals surface area contributed by atoms with Crippen molar-refractivity contribution in [2.75, 3.05) is 7.11 Å². The van der Waals surface area contributed by atoms with E-state index in [0.717, 1.165) is 12.3 Å². The standard InChI is InChI=1S/C15H16NO/c1-17-15-9-5-8-14(10-15)12-16-11-13-6-3-2-4-7-13/h2-11,16H,12H2,1H3. The van der Waals surface area contributed by atoms with Crippen LogP contribution in [0.4, 0.5) is 0 Å². The van der Waals surface area contributed by atoms with Crippen molar-refractivity contribution in [2.45, 2.75) is 6.54 Å². The molecule has 0 fully saturated rings. The Hall–Kier alpha value is -1.80. The molecule has 2 rings (SSSR count). The third kappa shape index (κ3) is 3.61. The Morgan fingerprint density at radius 3 is 2.65 bits per heavy atom. The molecule has 87 valence electrons. The van der Waals surface area contributed by atoms with Crippen molar-refractivity contribution in [1.29, 1.82) is 0 Å². The predicted molar refractivity (Wildman–Crippen MR) is 69.7 cm³/mol. The van der Waals surface area contributed by atoms with Gasteiger partial charge >= 0.3 is 0 Å². The summed E-state index contributed by atoms with van der Waals surface area (Å²) in [4.78, 5) is 0. The van der Waals surface area contributed by atoms with Gasteiger partial charge in [0.15, 0.2) is 0 Å². The first-order valence-electron chi connectivity index (χ1n) is 5.63. The maximum Gasteiger partial charge on any atom is 0.119 e. The van der Waals surface area contributed by atoms with Gasteiger partial charge in [-0.3, -0.25) is 0 Å². The Bertz CT molecular complexity index is 453. The summed E-state index contributed by atoms with van der Waals surface area (Å²) in [5.41, 5.74) is 2.38. The molecule has 0 saturated heterocycles. The highest BCUT2D eigenvalue weighted by Crippen LogP contribution is 2.12. The zero-order valence-electron chi connectivity index (χ0n) is 9.89. The van der Waals surface area contributed by atoms with Gasteiger partial charge in [-0.25, -0.2) is 0 Å². The minimum atomic E-state index is 0.798. The van der Waals surface area contributed by atoms with Gasteiger partial charge in [0.2, 0.25) is 0 Å². The zero-order chi connectivity index (χ0) is 11.9. The van der Waals surface area contributed by atoms with E-state index in [0.29, 0.717) is 0 Å². The molecule has 2 nitrogen and oxygen atoms in total. The van der Waals surface area contributed by atoms with Crippen LogP contribution in [0.15, 0.2) is 54.6 Å². The van der Waals surface area contributed by atoms with Crippen molar-refractivity contribution >= 4 is 0 Å². The molecule has 0 atom stereocenters. The van der Waals surface area contributed by atoms with Crippen molar-refractivity contribution in [3.63, 3.8) is 0 Å². The van der Waals surface area contributed by atoms with Crippen LogP contribution in [0.3, 0.4) is 0 Å². The van der Waals surface area contributed by atoms with Crippen LogP contribution >= 0.6 is 0 Å². The second-order valence-corrected chi connectivity index (χ2v) is 3.79. The van der Waals surface area contributed by atoms with Crippen LogP contribution in [0.1, 0.15) is 11.1 Å². The molecule has 1 radical (unpaired) electrons. The van der Waals surface area contributed by atoms with Gasteiger partial charge < -0.3 is 10.1 Å². The van der Waals surface area contributed by atoms with E-state index in [1.165, 1.54) is 11.1 Å². The first-order valence-corrected chi connectivity index (χ1v) is 5.63. The first-order chi connectivity index (χ1) is 8.38. The Labute approximate surface area is 102 Å². The average molecular weight is 226 g/mol. The maximum atomic E-state index is 5.18. The summed E-state index contributed by atoms with van der Waals surface area (Å²) in [5.74, 6) is 0.893. The molecule has 0 unspecified atom stereocenters. The zero-order valence-corrected chi connectivity index (χ0v) is 9.89. The van der Waals surface area contributed by atoms with E-state index >= 15 is 0 Å². The SMILES string of the molecule is COc1cccc(CN[CH]c2ccccc2)c1. The fourth-order valence-electron chi connectivity index (χ4n) is 1.62. The highest BCUT2D eigenvalue weighted by molar-refractivity contribution is 5.29. The molecule has 0 spiro atoms. The normalized spacial score (nSPS) is 10.2. The minimum absolute atomic E-state index is 0.798. The van der Waals surface area contributed by atoms with Crippen LogP contribution in [0.5, 0.6) is 5.75 Å². The van der Waals surface area contributed by atoms with Gasteiger partial charge in [-0.1, -0.05) is 42.5 Å². The van der Waals surface area contributed by atoms with E-state index < -0.39 is 0 Å². The highest BCUT2D eigenvalue weighted by atomic mass is 16.5. The van der Waals surface area contributed by atoms with Crippen molar-refractivity contribution in [3.8, 4) is 5.75 Å². The van der Waals surface area contributed by atoms with Crippen LogP contribution in [-0.4, -0.2) is 7.11 Å². The number of hydrogen-bond donors (Lipinski definition) is 1. The van der Waals surface area contributed by atoms with E-state index in [-0.39, 0.29) is 0 Å². The third-order valence-corrected chi connectivity index (χ3v) is 2.51. The number of hydrogen-bond acceptors (Lipinski definition) is 2. The van der Waals surface area contributed by atoms with Crippen molar-refractivity contribution in [1.82, 2.24) is 5.32 Å². The van der Waals surface area contributed by atoms with Gasteiger partial charge in [0.05, 0.1) is 13.7 Å². The Morgan fingerprint density at radius 1 is 1.06 bits per heavy atom. The Kier molecular flexibility index (Phi) is 4.17. The molecule has 0 aliphatic carbocycles. The maximum absolute atomic E-state index is 5.18. The summed E-state index contributed by atoms with van der Waals surface area (Å²) in [6, 6.07) is 18.3. The molecule has 0 bridgehead atoms. The second-order valence-electron chi connectivity index (χ2n) is 3.79. The molecular formula is C15H16NO. The van der Waals surface area contributed by atoms with E-state index in [2.05, 4.69) is 23.5 Å². The predicted octanol–water partition coefficient (Wildman–Crippen LogP) is 2.99. The van der Waals surface area contributed by atoms with Gasteiger partial charge in [-0.2, -0.15) is 0 Å². The summed E-state index contributed by atoms with van der Waals surface area (Å²) in [5, 5.41) is 3.29. The summed E-state index contributed by atoms with van der Waals surface area (Å²) in [6.45, 7) is 2.81. The lowest BCUT2D eigenvalue weighted by Gasteiger charge is -2.06. The average Bonchev–Trinajstić information content (AvgIpc) is 2.40. The quantitative estimate of drug-likeness (QED) is 0.846. The molecule has 0 amide bonds. The van der Waals surface area contributed by atoms with Gasteiger partial charge in [0.1, 0.15) is 5.75 Å². The van der Waals surface area contributed by atoms with E-state index in [4.69, 9.17) is 4.74 Å². The monoisotopic (exact) mass is 226 g/mol. The van der Waals surface area contributed by atoms with E-state index in [1.54, 1.807) is 7.11 Å². The van der Waals surface area contributed by atoms with Crippen LogP contribution in [0.25, 0.3) is 0 Å². The number of ether oxygens (including phenoxy) is 1. The summed E-state index contributed by atoms with van der Waals surface area (Å²) < 4.78 is 5.18. The van der Waals surface area contributed by atoms with Crippen LogP contribution in [0.2, 0.25) is 0 Å². The van der Waals surface area contributed by atoms with Crippen molar-refractivity contribution in [3.05, 3.63) is 72.3 Å². The summed E-state index contributed by atoms with van der Waals surface area (Å²) in [7, 11) is 1.68. The van der Waals surface area contributed by atoms with Gasteiger partial charge in [-0.05, 0) is 23.3 Å². The van der Waals surface area contributed by atoms with Gasteiger partial charge in [0, 0.05) is 6.54 Å². The fraction of sp³-hybridized carbons (Fsp3) is 0.133. The Morgan fingerprint density at radius 2 is 1.88 bits per heavy atom. The van der Waals surface area contributed by atoms with Crippen LogP contribution < -0.4 is 10.1 Å². The lowest BCUT2D eigenvalue weighted by atomic mass is 10.2. The van der Waals surface area contributed by atoms with Gasteiger partial charge in [-0.15, -0.1) is 0 Å². The molecule has 2 heteroatoms. The minimum Gasteiger partial charge on any atom is -0.497 e. The molecule has 0 heterocycles. The molecule has 17 heavy (non-hydrogen) atoms. The fourth-order valence-corrected chi connectivity index (χ4v) is 1.62. The van der Waals surface area contributed by atoms with Crippen LogP contribution in [-0.2, 0) is 6.54 Å². The summed E-state index contributed by atoms with van der Waals surface area (Å²) in [6.07, 6.45) is 0. The molecule has 2 aromatic carbocycles. The molecule has 0 aliphatic heterocycles. The van der Waals surface area contributed by atoms with Crippen molar-refractivity contribution < 1.29 is 4.74 Å². The molecular weight excluding hydrogens is 210 g/mol. The number of benzene rings is 2.